The van der Waals surface area contributed by atoms with E-state index in [0.717, 1.165) is 38.4 Å². The number of likely N-dealkylation sites (N-methyl/N-ethyl adjacent to an activating group) is 1. The number of nitrogens with zero attached hydrogens (tertiary/aromatic N) is 3. The lowest BCUT2D eigenvalue weighted by atomic mass is 9.89. The minimum atomic E-state index is 0.0152. The van der Waals surface area contributed by atoms with Crippen LogP contribution in [0.15, 0.2) is 4.99 Å². The number of hydrogen-bond acceptors (Lipinski definition) is 3. The quantitative estimate of drug-likeness (QED) is 0.541. The molecule has 0 aromatic rings. The van der Waals surface area contributed by atoms with Gasteiger partial charge in [0.15, 0.2) is 5.96 Å². The van der Waals surface area contributed by atoms with Crippen LogP contribution in [0.5, 0.6) is 0 Å². The Hall–Kier alpha value is -1.79. The molecule has 2 N–H and O–H groups in total. The van der Waals surface area contributed by atoms with Gasteiger partial charge in [-0.1, -0.05) is 19.3 Å². The first-order valence-corrected chi connectivity index (χ1v) is 10.4. The first-order chi connectivity index (χ1) is 13.0. The second-order valence-corrected chi connectivity index (χ2v) is 8.12. The Balaban J connectivity index is 1.91. The zero-order valence-corrected chi connectivity index (χ0v) is 17.3. The molecule has 154 valence electrons. The van der Waals surface area contributed by atoms with E-state index < -0.39 is 0 Å². The number of carbonyl (C=O) groups excluding carboxylic acids is 2. The Kier molecular flexibility index (Phi) is 8.88. The van der Waals surface area contributed by atoms with E-state index >= 15 is 0 Å². The lowest BCUT2D eigenvalue weighted by molar-refractivity contribution is -0.127. The van der Waals surface area contributed by atoms with E-state index in [1.54, 1.807) is 26.0 Å². The van der Waals surface area contributed by atoms with Crippen molar-refractivity contribution in [3.8, 4) is 0 Å². The third-order valence-electron chi connectivity index (χ3n) is 5.80. The van der Waals surface area contributed by atoms with Gasteiger partial charge in [0.2, 0.25) is 11.8 Å². The molecule has 0 aromatic carbocycles. The van der Waals surface area contributed by atoms with Crippen LogP contribution in [0.4, 0.5) is 0 Å². The number of likely N-dealkylation sites (tertiary alicyclic amines) is 1. The topological polar surface area (TPSA) is 77.0 Å². The zero-order chi connectivity index (χ0) is 19.6. The van der Waals surface area contributed by atoms with Gasteiger partial charge in [0, 0.05) is 47.2 Å². The molecule has 0 aromatic heterocycles. The monoisotopic (exact) mass is 379 g/mol. The van der Waals surface area contributed by atoms with E-state index in [9.17, 15) is 9.59 Å². The summed E-state index contributed by atoms with van der Waals surface area (Å²) in [5, 5.41) is 6.26. The average molecular weight is 380 g/mol. The maximum absolute atomic E-state index is 12.0. The van der Waals surface area contributed by atoms with Gasteiger partial charge in [-0.2, -0.15) is 0 Å². The number of amides is 2. The maximum Gasteiger partial charge on any atom is 0.243 e. The Morgan fingerprint density at radius 1 is 1.04 bits per heavy atom. The predicted molar refractivity (Wildman–Crippen MR) is 109 cm³/mol. The third kappa shape index (κ3) is 7.39. The molecule has 2 amide bonds. The summed E-state index contributed by atoms with van der Waals surface area (Å²) in [6.45, 7) is 2.88. The van der Waals surface area contributed by atoms with Crippen molar-refractivity contribution in [2.75, 3.05) is 47.3 Å². The van der Waals surface area contributed by atoms with Gasteiger partial charge in [0.25, 0.3) is 0 Å². The molecule has 7 nitrogen and oxygen atoms in total. The normalized spacial score (nSPS) is 19.7. The van der Waals surface area contributed by atoms with Gasteiger partial charge in [-0.3, -0.25) is 9.59 Å². The molecule has 1 saturated carbocycles. The van der Waals surface area contributed by atoms with E-state index in [1.807, 2.05) is 0 Å². The van der Waals surface area contributed by atoms with E-state index in [2.05, 4.69) is 20.5 Å². The van der Waals surface area contributed by atoms with Crippen molar-refractivity contribution in [3.05, 3.63) is 0 Å². The van der Waals surface area contributed by atoms with Crippen LogP contribution in [0.25, 0.3) is 0 Å². The predicted octanol–water partition coefficient (Wildman–Crippen LogP) is 1.45. The number of piperidine rings is 1. The maximum atomic E-state index is 12.0. The second kappa shape index (κ2) is 11.1. The first-order valence-electron chi connectivity index (χ1n) is 10.4. The van der Waals surface area contributed by atoms with Crippen molar-refractivity contribution < 1.29 is 9.59 Å². The summed E-state index contributed by atoms with van der Waals surface area (Å²) < 4.78 is 0. The number of carbonyl (C=O) groups is 2. The summed E-state index contributed by atoms with van der Waals surface area (Å²) in [6, 6.07) is 0. The van der Waals surface area contributed by atoms with Crippen molar-refractivity contribution in [2.24, 2.45) is 16.8 Å². The van der Waals surface area contributed by atoms with Crippen LogP contribution in [0.1, 0.15) is 51.4 Å². The Morgan fingerprint density at radius 3 is 2.30 bits per heavy atom. The average Bonchev–Trinajstić information content (AvgIpc) is 2.69. The largest absolute Gasteiger partial charge is 0.359 e. The molecular weight excluding hydrogens is 342 g/mol. The van der Waals surface area contributed by atoms with E-state index in [1.165, 1.54) is 32.1 Å². The van der Waals surface area contributed by atoms with E-state index in [4.69, 9.17) is 0 Å². The van der Waals surface area contributed by atoms with Crippen molar-refractivity contribution in [1.29, 1.82) is 0 Å². The third-order valence-corrected chi connectivity index (χ3v) is 5.80. The van der Waals surface area contributed by atoms with Gasteiger partial charge in [-0.15, -0.1) is 0 Å². The van der Waals surface area contributed by atoms with Crippen LogP contribution in [-0.2, 0) is 9.59 Å². The molecule has 1 saturated heterocycles. The highest BCUT2D eigenvalue weighted by Crippen LogP contribution is 2.23. The Labute approximate surface area is 163 Å². The van der Waals surface area contributed by atoms with Gasteiger partial charge in [0.1, 0.15) is 6.54 Å². The van der Waals surface area contributed by atoms with Gasteiger partial charge in [-0.25, -0.2) is 4.99 Å². The summed E-state index contributed by atoms with van der Waals surface area (Å²) in [5.41, 5.74) is 0. The highest BCUT2D eigenvalue weighted by atomic mass is 16.2. The Bertz CT molecular complexity index is 507. The van der Waals surface area contributed by atoms with Crippen molar-refractivity contribution in [3.63, 3.8) is 0 Å². The zero-order valence-electron chi connectivity index (χ0n) is 17.3. The minimum absolute atomic E-state index is 0.0152. The molecule has 0 unspecified atom stereocenters. The van der Waals surface area contributed by atoms with Crippen molar-refractivity contribution >= 4 is 17.8 Å². The summed E-state index contributed by atoms with van der Waals surface area (Å²) >= 11 is 0. The molecule has 27 heavy (non-hydrogen) atoms. The van der Waals surface area contributed by atoms with E-state index in [-0.39, 0.29) is 18.4 Å². The SMILES string of the molecule is CNC(=O)CC1CCN(C(=NCC(=O)N(C)C)NCC2CCCCC2)CC1. The minimum Gasteiger partial charge on any atom is -0.359 e. The molecule has 1 heterocycles. The molecule has 1 aliphatic carbocycles. The molecule has 2 fully saturated rings. The molecule has 0 bridgehead atoms. The number of aliphatic imine (C=N–C) groups is 1. The molecule has 2 rings (SSSR count). The second-order valence-electron chi connectivity index (χ2n) is 8.12. The molecule has 1 aliphatic heterocycles. The van der Waals surface area contributed by atoms with Crippen LogP contribution in [0.2, 0.25) is 0 Å². The fourth-order valence-corrected chi connectivity index (χ4v) is 3.89. The standard InChI is InChI=1S/C20H37N5O2/c1-21-18(26)13-16-9-11-25(12-10-16)20(23-15-19(27)24(2)3)22-14-17-7-5-4-6-8-17/h16-17H,4-15H2,1-3H3,(H,21,26)(H,22,23). The Morgan fingerprint density at radius 2 is 1.70 bits per heavy atom. The van der Waals surface area contributed by atoms with Gasteiger partial charge < -0.3 is 20.4 Å². The molecule has 0 radical (unpaired) electrons. The molecule has 2 aliphatic rings. The number of rotatable bonds is 6. The molecule has 7 heteroatoms. The highest BCUT2D eigenvalue weighted by Gasteiger charge is 2.24. The fourth-order valence-electron chi connectivity index (χ4n) is 3.89. The smallest absolute Gasteiger partial charge is 0.243 e. The summed E-state index contributed by atoms with van der Waals surface area (Å²) in [7, 11) is 5.22. The first kappa shape index (κ1) is 21.5. The van der Waals surface area contributed by atoms with Crippen LogP contribution >= 0.6 is 0 Å². The lowest BCUT2D eigenvalue weighted by Gasteiger charge is -2.35. The fraction of sp³-hybridized carbons (Fsp3) is 0.850. The number of hydrogen-bond donors (Lipinski definition) is 2. The van der Waals surface area contributed by atoms with Crippen LogP contribution < -0.4 is 10.6 Å². The van der Waals surface area contributed by atoms with Gasteiger partial charge in [0.05, 0.1) is 0 Å². The van der Waals surface area contributed by atoms with Gasteiger partial charge in [-0.05, 0) is 37.5 Å². The number of guanidine groups is 1. The molecular formula is C20H37N5O2. The summed E-state index contributed by atoms with van der Waals surface area (Å²) in [5.74, 6) is 2.13. The van der Waals surface area contributed by atoms with Crippen LogP contribution in [0.3, 0.4) is 0 Å². The van der Waals surface area contributed by atoms with Crippen LogP contribution in [-0.4, -0.2) is 74.9 Å². The summed E-state index contributed by atoms with van der Waals surface area (Å²) in [6.07, 6.45) is 9.14. The highest BCUT2D eigenvalue weighted by molar-refractivity contribution is 5.85. The van der Waals surface area contributed by atoms with E-state index in [0.29, 0.717) is 18.3 Å². The number of nitrogens with one attached hydrogen (secondary N) is 2. The molecule has 0 spiro atoms. The molecule has 0 atom stereocenters. The summed E-state index contributed by atoms with van der Waals surface area (Å²) in [4.78, 5) is 32.0. The van der Waals surface area contributed by atoms with Crippen LogP contribution in [0, 0.1) is 11.8 Å². The van der Waals surface area contributed by atoms with Crippen molar-refractivity contribution in [1.82, 2.24) is 20.4 Å². The van der Waals surface area contributed by atoms with Crippen molar-refractivity contribution in [2.45, 2.75) is 51.4 Å². The van der Waals surface area contributed by atoms with Gasteiger partial charge >= 0.3 is 0 Å². The lowest BCUT2D eigenvalue weighted by Crippen LogP contribution is -2.47.